The van der Waals surface area contributed by atoms with E-state index in [1.807, 2.05) is 30.5 Å². The Morgan fingerprint density at radius 3 is 3.00 bits per heavy atom. The summed E-state index contributed by atoms with van der Waals surface area (Å²) in [6.07, 6.45) is 4.93. The fraction of sp³-hybridized carbons (Fsp3) is 0.364. The number of nitrogens with zero attached hydrogens (tertiary/aromatic N) is 5. The number of pyridine rings is 1. The number of hydrogen-bond acceptors (Lipinski definition) is 7. The molecular formula is C22H23N7OS. The van der Waals surface area contributed by atoms with E-state index in [9.17, 15) is 4.79 Å². The normalized spacial score (nSPS) is 20.6. The number of imidazole rings is 1. The lowest BCUT2D eigenvalue weighted by Crippen LogP contribution is -2.34. The molecule has 9 heteroatoms. The Hall–Kier alpha value is -3.04. The molecule has 2 aliphatic heterocycles. The lowest BCUT2D eigenvalue weighted by atomic mass is 10.1. The Balaban J connectivity index is 1.26. The molecule has 0 radical (unpaired) electrons. The van der Waals surface area contributed by atoms with Crippen molar-refractivity contribution in [2.24, 2.45) is 5.92 Å². The van der Waals surface area contributed by atoms with Crippen LogP contribution in [0.5, 0.6) is 0 Å². The van der Waals surface area contributed by atoms with Crippen LogP contribution in [0, 0.1) is 19.8 Å². The summed E-state index contributed by atoms with van der Waals surface area (Å²) in [6.45, 7) is 7.01. The van der Waals surface area contributed by atoms with Crippen LogP contribution in [0.2, 0.25) is 0 Å². The van der Waals surface area contributed by atoms with Crippen molar-refractivity contribution in [1.82, 2.24) is 24.7 Å². The largest absolute Gasteiger partial charge is 0.352 e. The van der Waals surface area contributed by atoms with Crippen LogP contribution in [0.15, 0.2) is 30.6 Å². The van der Waals surface area contributed by atoms with Gasteiger partial charge in [0.15, 0.2) is 5.65 Å². The number of aryl methyl sites for hydroxylation is 2. The van der Waals surface area contributed by atoms with Crippen molar-refractivity contribution >= 4 is 44.7 Å². The van der Waals surface area contributed by atoms with Crippen LogP contribution in [0.4, 0.5) is 11.6 Å². The van der Waals surface area contributed by atoms with E-state index in [0.717, 1.165) is 58.6 Å². The first-order valence-electron chi connectivity index (χ1n) is 10.6. The smallest absolute Gasteiger partial charge is 0.267 e. The Bertz CT molecular complexity index is 1330. The zero-order chi connectivity index (χ0) is 21.1. The van der Waals surface area contributed by atoms with Crippen LogP contribution in [0.3, 0.4) is 0 Å². The number of fused-ring (bicyclic) bond motifs is 3. The quantitative estimate of drug-likeness (QED) is 0.517. The summed E-state index contributed by atoms with van der Waals surface area (Å²) in [5, 5.41) is 7.40. The summed E-state index contributed by atoms with van der Waals surface area (Å²) in [4.78, 5) is 30.7. The van der Waals surface area contributed by atoms with E-state index < -0.39 is 0 Å². The van der Waals surface area contributed by atoms with Crippen molar-refractivity contribution in [3.05, 3.63) is 46.9 Å². The second-order valence-electron chi connectivity index (χ2n) is 8.42. The van der Waals surface area contributed by atoms with E-state index in [1.54, 1.807) is 6.20 Å². The molecule has 0 spiro atoms. The molecule has 2 unspecified atom stereocenters. The maximum Gasteiger partial charge on any atom is 0.267 e. The third-order valence-electron chi connectivity index (χ3n) is 6.30. The zero-order valence-electron chi connectivity index (χ0n) is 17.4. The second kappa shape index (κ2) is 7.00. The van der Waals surface area contributed by atoms with Gasteiger partial charge >= 0.3 is 0 Å². The van der Waals surface area contributed by atoms with Crippen LogP contribution in [0.1, 0.15) is 27.5 Å². The number of amides is 1. The molecule has 2 aliphatic rings. The van der Waals surface area contributed by atoms with Crippen LogP contribution >= 0.6 is 11.3 Å². The van der Waals surface area contributed by atoms with Crippen molar-refractivity contribution in [1.29, 1.82) is 0 Å². The van der Waals surface area contributed by atoms with Gasteiger partial charge in [-0.3, -0.25) is 4.79 Å². The van der Waals surface area contributed by atoms with Gasteiger partial charge in [0.05, 0.1) is 22.5 Å². The third-order valence-corrected chi connectivity index (χ3v) is 7.34. The number of anilines is 2. The second-order valence-corrected chi connectivity index (χ2v) is 9.45. The summed E-state index contributed by atoms with van der Waals surface area (Å²) in [7, 11) is 0. The molecule has 2 fully saturated rings. The lowest BCUT2D eigenvalue weighted by molar-refractivity contribution is 0.103. The minimum absolute atomic E-state index is 0.172. The molecule has 8 nitrogen and oxygen atoms in total. The van der Waals surface area contributed by atoms with E-state index in [-0.39, 0.29) is 5.91 Å². The summed E-state index contributed by atoms with van der Waals surface area (Å²) in [5.41, 5.74) is 2.49. The first-order valence-corrected chi connectivity index (χ1v) is 11.4. The van der Waals surface area contributed by atoms with E-state index in [0.29, 0.717) is 16.7 Å². The molecule has 1 amide bonds. The van der Waals surface area contributed by atoms with Crippen molar-refractivity contribution < 1.29 is 4.79 Å². The first-order chi connectivity index (χ1) is 15.0. The summed E-state index contributed by atoms with van der Waals surface area (Å²) in [6, 6.07) is 6.59. The van der Waals surface area contributed by atoms with Crippen molar-refractivity contribution in [3.8, 4) is 0 Å². The number of thiophene rings is 1. The highest BCUT2D eigenvalue weighted by Crippen LogP contribution is 2.33. The molecule has 6 rings (SSSR count). The van der Waals surface area contributed by atoms with Crippen LogP contribution in [-0.4, -0.2) is 50.9 Å². The van der Waals surface area contributed by atoms with Gasteiger partial charge in [0.2, 0.25) is 0 Å². The average Bonchev–Trinajstić information content (AvgIpc) is 3.49. The molecule has 2 atom stereocenters. The minimum atomic E-state index is -0.172. The molecule has 0 aliphatic carbocycles. The van der Waals surface area contributed by atoms with Crippen LogP contribution in [0.25, 0.3) is 15.9 Å². The number of carbonyl (C=O) groups excluding carboxylic acids is 1. The SMILES string of the molecule is Cc1cn2cc(NC(=O)c3cc4ccc(N5CCC6CNCC65)nc4s3)nc(C)c2n1. The van der Waals surface area contributed by atoms with Crippen LogP contribution < -0.4 is 15.5 Å². The fourth-order valence-electron chi connectivity index (χ4n) is 4.83. The monoisotopic (exact) mass is 433 g/mol. The highest BCUT2D eigenvalue weighted by molar-refractivity contribution is 7.20. The van der Waals surface area contributed by atoms with Gasteiger partial charge in [0, 0.05) is 37.3 Å². The first kappa shape index (κ1) is 18.7. The van der Waals surface area contributed by atoms with Gasteiger partial charge in [-0.1, -0.05) is 0 Å². The number of carbonyl (C=O) groups is 1. The van der Waals surface area contributed by atoms with Gasteiger partial charge in [-0.05, 0) is 44.4 Å². The Labute approximate surface area is 183 Å². The van der Waals surface area contributed by atoms with E-state index in [2.05, 4.69) is 37.6 Å². The molecule has 2 N–H and O–H groups in total. The summed E-state index contributed by atoms with van der Waals surface area (Å²) in [5.74, 6) is 2.06. The molecule has 4 aromatic rings. The number of nitrogens with one attached hydrogen (secondary N) is 2. The van der Waals surface area contributed by atoms with Crippen LogP contribution in [-0.2, 0) is 0 Å². The maximum absolute atomic E-state index is 12.9. The van der Waals surface area contributed by atoms with E-state index in [1.165, 1.54) is 17.8 Å². The zero-order valence-corrected chi connectivity index (χ0v) is 18.2. The van der Waals surface area contributed by atoms with Gasteiger partial charge in [-0.15, -0.1) is 11.3 Å². The molecular weight excluding hydrogens is 410 g/mol. The summed E-state index contributed by atoms with van der Waals surface area (Å²) >= 11 is 1.42. The van der Waals surface area contributed by atoms with Crippen molar-refractivity contribution in [2.45, 2.75) is 26.3 Å². The van der Waals surface area contributed by atoms with E-state index >= 15 is 0 Å². The molecule has 31 heavy (non-hydrogen) atoms. The molecule has 4 aromatic heterocycles. The standard InChI is InChI=1S/C22H23N7OS/c1-12-10-28-11-18(25-13(2)20(28)24-12)26-21(30)17-7-14-3-4-19(27-22(14)31-17)29-6-5-15-8-23-9-16(15)29/h3-4,7,10-11,15-16,23H,5-6,8-9H2,1-2H3,(H,26,30). The molecule has 0 saturated carbocycles. The van der Waals surface area contributed by atoms with Gasteiger partial charge in [0.1, 0.15) is 16.5 Å². The average molecular weight is 434 g/mol. The van der Waals surface area contributed by atoms with E-state index in [4.69, 9.17) is 4.98 Å². The molecule has 2 saturated heterocycles. The summed E-state index contributed by atoms with van der Waals surface area (Å²) < 4.78 is 1.90. The van der Waals surface area contributed by atoms with Gasteiger partial charge in [0.25, 0.3) is 5.91 Å². The number of hydrogen-bond donors (Lipinski definition) is 2. The number of aromatic nitrogens is 4. The van der Waals surface area contributed by atoms with Crippen molar-refractivity contribution in [2.75, 3.05) is 29.9 Å². The minimum Gasteiger partial charge on any atom is -0.352 e. The molecule has 158 valence electrons. The fourth-order valence-corrected chi connectivity index (χ4v) is 5.75. The lowest BCUT2D eigenvalue weighted by Gasteiger charge is -2.24. The highest BCUT2D eigenvalue weighted by Gasteiger charge is 2.38. The third kappa shape index (κ3) is 3.16. The predicted octanol–water partition coefficient (Wildman–Crippen LogP) is 3.01. The Morgan fingerprint density at radius 1 is 1.19 bits per heavy atom. The number of rotatable bonds is 3. The predicted molar refractivity (Wildman–Crippen MR) is 122 cm³/mol. The van der Waals surface area contributed by atoms with Gasteiger partial charge in [-0.25, -0.2) is 15.0 Å². The molecule has 6 heterocycles. The molecule has 0 bridgehead atoms. The Kier molecular flexibility index (Phi) is 4.22. The van der Waals surface area contributed by atoms with Crippen molar-refractivity contribution in [3.63, 3.8) is 0 Å². The highest BCUT2D eigenvalue weighted by atomic mass is 32.1. The van der Waals surface area contributed by atoms with Gasteiger partial charge < -0.3 is 19.9 Å². The van der Waals surface area contributed by atoms with Gasteiger partial charge in [-0.2, -0.15) is 0 Å². The molecule has 0 aromatic carbocycles. The Morgan fingerprint density at radius 2 is 2.10 bits per heavy atom. The maximum atomic E-state index is 12.9. The topological polar surface area (TPSA) is 87.5 Å².